The summed E-state index contributed by atoms with van der Waals surface area (Å²) < 4.78 is 8.66. The zero-order chi connectivity index (χ0) is 16.1. The first-order valence-electron chi connectivity index (χ1n) is 7.36. The molecule has 0 bridgehead atoms. The van der Waals surface area contributed by atoms with E-state index in [1.54, 1.807) is 6.20 Å². The van der Waals surface area contributed by atoms with Gasteiger partial charge in [0.25, 0.3) is 0 Å². The monoisotopic (exact) mass is 365 g/mol. The molecule has 0 saturated heterocycles. The van der Waals surface area contributed by atoms with E-state index in [-0.39, 0.29) is 0 Å². The number of aldehydes is 1. The summed E-state index contributed by atoms with van der Waals surface area (Å²) in [5, 5.41) is 3.14. The molecule has 0 spiro atoms. The molecule has 2 heterocycles. The highest BCUT2D eigenvalue weighted by Gasteiger charge is 2.20. The number of fused-ring (bicyclic) bond motifs is 3. The second-order valence-corrected chi connectivity index (χ2v) is 5.48. The lowest BCUT2D eigenvalue weighted by Crippen LogP contribution is -2.14. The Balaban J connectivity index is 0.000000847. The van der Waals surface area contributed by atoms with Gasteiger partial charge in [0.05, 0.1) is 5.69 Å². The number of hydrogen-bond acceptors (Lipinski definition) is 4. The minimum Gasteiger partial charge on any atom is -0.483 e. The first-order valence-corrected chi connectivity index (χ1v) is 8.16. The van der Waals surface area contributed by atoms with E-state index in [2.05, 4.69) is 32.3 Å². The Labute approximate surface area is 138 Å². The second-order valence-electron chi connectivity index (χ2n) is 4.62. The molecule has 118 valence electrons. The maximum atomic E-state index is 10.9. The summed E-state index contributed by atoms with van der Waals surface area (Å²) in [5.41, 5.74) is 2.55. The van der Waals surface area contributed by atoms with Crippen LogP contribution in [-0.2, 0) is 13.0 Å². The zero-order valence-electron chi connectivity index (χ0n) is 13.0. The van der Waals surface area contributed by atoms with E-state index < -0.39 is 0 Å². The topological polar surface area (TPSA) is 56.1 Å². The Morgan fingerprint density at radius 1 is 1.45 bits per heavy atom. The van der Waals surface area contributed by atoms with E-state index in [0.29, 0.717) is 12.3 Å². The number of ether oxygens (including phenoxy) is 1. The van der Waals surface area contributed by atoms with Crippen LogP contribution < -0.4 is 10.1 Å². The van der Waals surface area contributed by atoms with Crippen LogP contribution in [0.15, 0.2) is 22.8 Å². The molecular weight excluding hydrogens is 346 g/mol. The smallest absolute Gasteiger partial charge is 0.170 e. The number of halogens is 1. The van der Waals surface area contributed by atoms with Gasteiger partial charge in [0.2, 0.25) is 0 Å². The molecule has 0 fully saturated rings. The van der Waals surface area contributed by atoms with Crippen LogP contribution in [0.4, 0.5) is 0 Å². The van der Waals surface area contributed by atoms with Gasteiger partial charge in [0.1, 0.15) is 18.1 Å². The van der Waals surface area contributed by atoms with Crippen molar-refractivity contribution in [3.05, 3.63) is 39.9 Å². The van der Waals surface area contributed by atoms with Crippen molar-refractivity contribution in [2.45, 2.75) is 26.9 Å². The standard InChI is InChI=1S/C14H14BrN3O2.C2H6/c1-16-3-2-9-4-12-13(5-11(9)15)20-8-14-17-10(7-19)6-18(12)14;1-2/h4-7,16H,2-3,8H2,1H3;1-2H3. The van der Waals surface area contributed by atoms with E-state index in [1.807, 2.05) is 31.5 Å². The minimum atomic E-state index is 0.378. The fraction of sp³-hybridized carbons (Fsp3) is 0.375. The summed E-state index contributed by atoms with van der Waals surface area (Å²) in [6.45, 7) is 5.28. The minimum absolute atomic E-state index is 0.378. The van der Waals surface area contributed by atoms with E-state index in [4.69, 9.17) is 4.74 Å². The van der Waals surface area contributed by atoms with Gasteiger partial charge in [0, 0.05) is 10.7 Å². The molecule has 1 aromatic carbocycles. The number of nitrogens with one attached hydrogen (secondary N) is 1. The molecule has 6 heteroatoms. The molecule has 1 aliphatic heterocycles. The van der Waals surface area contributed by atoms with Crippen LogP contribution in [0.3, 0.4) is 0 Å². The molecule has 0 saturated carbocycles. The second kappa shape index (κ2) is 7.56. The summed E-state index contributed by atoms with van der Waals surface area (Å²) in [5.74, 6) is 1.55. The third-order valence-electron chi connectivity index (χ3n) is 3.31. The molecule has 5 nitrogen and oxygen atoms in total. The Hall–Kier alpha value is -1.66. The number of likely N-dealkylation sites (N-methyl/N-ethyl adjacent to an activating group) is 1. The van der Waals surface area contributed by atoms with Crippen LogP contribution in [0, 0.1) is 0 Å². The first-order chi connectivity index (χ1) is 10.7. The van der Waals surface area contributed by atoms with Crippen LogP contribution in [0.2, 0.25) is 0 Å². The third kappa shape index (κ3) is 3.23. The molecule has 0 aliphatic carbocycles. The summed E-state index contributed by atoms with van der Waals surface area (Å²) in [7, 11) is 1.93. The predicted molar refractivity (Wildman–Crippen MR) is 90.0 cm³/mol. The summed E-state index contributed by atoms with van der Waals surface area (Å²) in [6.07, 6.45) is 3.42. The average molecular weight is 366 g/mol. The first kappa shape index (κ1) is 16.7. The Morgan fingerprint density at radius 3 is 2.91 bits per heavy atom. The Bertz CT molecular complexity index is 668. The van der Waals surface area contributed by atoms with Gasteiger partial charge in [0.15, 0.2) is 12.1 Å². The van der Waals surface area contributed by atoms with Gasteiger partial charge in [-0.3, -0.25) is 9.36 Å². The molecule has 2 aromatic rings. The highest BCUT2D eigenvalue weighted by Crippen LogP contribution is 2.34. The Kier molecular flexibility index (Phi) is 5.74. The summed E-state index contributed by atoms with van der Waals surface area (Å²) >= 11 is 3.58. The summed E-state index contributed by atoms with van der Waals surface area (Å²) in [4.78, 5) is 15.1. The van der Waals surface area contributed by atoms with Gasteiger partial charge in [-0.1, -0.05) is 29.8 Å². The lowest BCUT2D eigenvalue weighted by Gasteiger charge is -2.21. The van der Waals surface area contributed by atoms with Crippen molar-refractivity contribution in [2.75, 3.05) is 13.6 Å². The van der Waals surface area contributed by atoms with Crippen molar-refractivity contribution in [3.63, 3.8) is 0 Å². The normalized spacial score (nSPS) is 11.6. The molecule has 1 aliphatic rings. The number of imidazole rings is 1. The fourth-order valence-electron chi connectivity index (χ4n) is 2.29. The molecule has 1 aromatic heterocycles. The van der Waals surface area contributed by atoms with E-state index in [1.165, 1.54) is 5.56 Å². The van der Waals surface area contributed by atoms with E-state index >= 15 is 0 Å². The van der Waals surface area contributed by atoms with Crippen LogP contribution >= 0.6 is 15.9 Å². The van der Waals surface area contributed by atoms with Gasteiger partial charge < -0.3 is 10.1 Å². The molecule has 22 heavy (non-hydrogen) atoms. The highest BCUT2D eigenvalue weighted by atomic mass is 79.9. The van der Waals surface area contributed by atoms with Crippen molar-refractivity contribution in [1.29, 1.82) is 0 Å². The summed E-state index contributed by atoms with van der Waals surface area (Å²) in [6, 6.07) is 4.06. The van der Waals surface area contributed by atoms with Crippen LogP contribution in [0.5, 0.6) is 5.75 Å². The van der Waals surface area contributed by atoms with Crippen LogP contribution in [0.1, 0.15) is 35.7 Å². The van der Waals surface area contributed by atoms with Crippen molar-refractivity contribution in [1.82, 2.24) is 14.9 Å². The van der Waals surface area contributed by atoms with Gasteiger partial charge in [-0.15, -0.1) is 0 Å². The van der Waals surface area contributed by atoms with E-state index in [9.17, 15) is 4.79 Å². The zero-order valence-corrected chi connectivity index (χ0v) is 14.6. The maximum absolute atomic E-state index is 10.9. The van der Waals surface area contributed by atoms with Gasteiger partial charge >= 0.3 is 0 Å². The number of rotatable bonds is 4. The molecule has 0 unspecified atom stereocenters. The number of hydrogen-bond donors (Lipinski definition) is 1. The van der Waals surface area contributed by atoms with Gasteiger partial charge in [-0.2, -0.15) is 0 Å². The van der Waals surface area contributed by atoms with Crippen molar-refractivity contribution in [3.8, 4) is 11.4 Å². The number of aromatic nitrogens is 2. The molecule has 3 rings (SSSR count). The molecule has 0 amide bonds. The lowest BCUT2D eigenvalue weighted by atomic mass is 10.1. The molecule has 1 N–H and O–H groups in total. The fourth-order valence-corrected chi connectivity index (χ4v) is 2.81. The highest BCUT2D eigenvalue weighted by molar-refractivity contribution is 9.10. The average Bonchev–Trinajstić information content (AvgIpc) is 2.98. The third-order valence-corrected chi connectivity index (χ3v) is 4.05. The Morgan fingerprint density at radius 2 is 2.23 bits per heavy atom. The van der Waals surface area contributed by atoms with Crippen molar-refractivity contribution < 1.29 is 9.53 Å². The number of carbonyl (C=O) groups excluding carboxylic acids is 1. The van der Waals surface area contributed by atoms with Gasteiger partial charge in [-0.05, 0) is 37.7 Å². The lowest BCUT2D eigenvalue weighted by molar-refractivity contribution is 0.111. The quantitative estimate of drug-likeness (QED) is 0.845. The molecule has 0 atom stereocenters. The SMILES string of the molecule is CC.CNCCc1cc2c(cc1Br)OCc1nc(C=O)cn1-2. The predicted octanol–water partition coefficient (Wildman–Crippen LogP) is 3.13. The van der Waals surface area contributed by atoms with Gasteiger partial charge in [-0.25, -0.2) is 4.98 Å². The maximum Gasteiger partial charge on any atom is 0.170 e. The van der Waals surface area contributed by atoms with Crippen LogP contribution in [-0.4, -0.2) is 29.4 Å². The molecular formula is C16H20BrN3O2. The molecule has 0 radical (unpaired) electrons. The number of nitrogens with zero attached hydrogens (tertiary/aromatic N) is 2. The van der Waals surface area contributed by atoms with E-state index in [0.717, 1.165) is 41.0 Å². The van der Waals surface area contributed by atoms with Crippen molar-refractivity contribution >= 4 is 22.2 Å². The van der Waals surface area contributed by atoms with Crippen LogP contribution in [0.25, 0.3) is 5.69 Å². The number of carbonyl (C=O) groups is 1. The van der Waals surface area contributed by atoms with Crippen molar-refractivity contribution in [2.24, 2.45) is 0 Å². The number of benzene rings is 1. The largest absolute Gasteiger partial charge is 0.483 e.